The van der Waals surface area contributed by atoms with Crippen LogP contribution in [0.25, 0.3) is 0 Å². The molecule has 3 N–H and O–H groups in total. The van der Waals surface area contributed by atoms with E-state index in [1.165, 1.54) is 12.8 Å². The van der Waals surface area contributed by atoms with Crippen molar-refractivity contribution >= 4 is 11.6 Å². The summed E-state index contributed by atoms with van der Waals surface area (Å²) in [6.45, 7) is 3.70. The van der Waals surface area contributed by atoms with Crippen molar-refractivity contribution < 1.29 is 4.42 Å². The normalized spacial score (nSPS) is 12.6. The minimum absolute atomic E-state index is 0.0787. The van der Waals surface area contributed by atoms with Gasteiger partial charge in [0.2, 0.25) is 0 Å². The SMILES string of the molecule is C=CCCCCCC(NN)c1ccoc1Cl. The Morgan fingerprint density at radius 3 is 2.88 bits per heavy atom. The largest absolute Gasteiger partial charge is 0.453 e. The summed E-state index contributed by atoms with van der Waals surface area (Å²) >= 11 is 5.90. The highest BCUT2D eigenvalue weighted by molar-refractivity contribution is 6.29. The highest BCUT2D eigenvalue weighted by Crippen LogP contribution is 2.27. The van der Waals surface area contributed by atoms with E-state index in [1.54, 1.807) is 6.26 Å². The van der Waals surface area contributed by atoms with Crippen molar-refractivity contribution in [1.82, 2.24) is 5.43 Å². The summed E-state index contributed by atoms with van der Waals surface area (Å²) in [5, 5.41) is 0.425. The zero-order valence-electron chi connectivity index (χ0n) is 9.42. The van der Waals surface area contributed by atoms with Gasteiger partial charge in [-0.2, -0.15) is 0 Å². The Morgan fingerprint density at radius 2 is 2.31 bits per heavy atom. The van der Waals surface area contributed by atoms with Gasteiger partial charge in [0.05, 0.1) is 12.3 Å². The van der Waals surface area contributed by atoms with E-state index in [0.29, 0.717) is 5.22 Å². The predicted molar refractivity (Wildman–Crippen MR) is 67.1 cm³/mol. The van der Waals surface area contributed by atoms with Gasteiger partial charge in [-0.05, 0) is 36.9 Å². The highest BCUT2D eigenvalue weighted by atomic mass is 35.5. The van der Waals surface area contributed by atoms with Gasteiger partial charge in [0.15, 0.2) is 5.22 Å². The van der Waals surface area contributed by atoms with Crippen molar-refractivity contribution in [2.45, 2.75) is 38.1 Å². The summed E-state index contributed by atoms with van der Waals surface area (Å²) in [7, 11) is 0. The molecule has 0 aliphatic heterocycles. The number of nitrogens with one attached hydrogen (secondary N) is 1. The first-order valence-corrected chi connectivity index (χ1v) is 5.97. The van der Waals surface area contributed by atoms with Gasteiger partial charge < -0.3 is 4.42 Å². The number of unbranched alkanes of at least 4 members (excludes halogenated alkanes) is 3. The number of hydrazine groups is 1. The topological polar surface area (TPSA) is 51.2 Å². The Morgan fingerprint density at radius 1 is 1.50 bits per heavy atom. The highest BCUT2D eigenvalue weighted by Gasteiger charge is 2.14. The fraction of sp³-hybridized carbons (Fsp3) is 0.500. The van der Waals surface area contributed by atoms with Crippen LogP contribution < -0.4 is 11.3 Å². The van der Waals surface area contributed by atoms with Crippen LogP contribution in [0.5, 0.6) is 0 Å². The van der Waals surface area contributed by atoms with Crippen molar-refractivity contribution in [3.05, 3.63) is 35.8 Å². The van der Waals surface area contributed by atoms with Crippen molar-refractivity contribution in [3.8, 4) is 0 Å². The Hall–Kier alpha value is -0.770. The van der Waals surface area contributed by atoms with Crippen molar-refractivity contribution in [3.63, 3.8) is 0 Å². The molecule has 0 bridgehead atoms. The van der Waals surface area contributed by atoms with Crippen molar-refractivity contribution in [1.29, 1.82) is 0 Å². The number of halogens is 1. The zero-order chi connectivity index (χ0) is 11.8. The summed E-state index contributed by atoms with van der Waals surface area (Å²) in [5.41, 5.74) is 3.71. The van der Waals surface area contributed by atoms with E-state index in [1.807, 2.05) is 12.1 Å². The van der Waals surface area contributed by atoms with E-state index in [0.717, 1.165) is 24.8 Å². The van der Waals surface area contributed by atoms with Crippen LogP contribution in [0.2, 0.25) is 5.22 Å². The van der Waals surface area contributed by atoms with E-state index in [9.17, 15) is 0 Å². The third kappa shape index (κ3) is 4.00. The lowest BCUT2D eigenvalue weighted by atomic mass is 10.0. The maximum absolute atomic E-state index is 5.90. The van der Waals surface area contributed by atoms with E-state index < -0.39 is 0 Å². The maximum Gasteiger partial charge on any atom is 0.197 e. The molecule has 0 saturated carbocycles. The lowest BCUT2D eigenvalue weighted by molar-refractivity contribution is 0.476. The number of allylic oxidation sites excluding steroid dienone is 1. The number of rotatable bonds is 8. The van der Waals surface area contributed by atoms with Crippen LogP contribution in [0.15, 0.2) is 29.4 Å². The number of hydrogen-bond acceptors (Lipinski definition) is 3. The van der Waals surface area contributed by atoms with Crippen LogP contribution in [-0.4, -0.2) is 0 Å². The first-order valence-electron chi connectivity index (χ1n) is 5.59. The summed E-state index contributed by atoms with van der Waals surface area (Å²) in [5.74, 6) is 5.51. The number of furan rings is 1. The molecule has 0 aliphatic rings. The molecule has 16 heavy (non-hydrogen) atoms. The molecule has 0 saturated heterocycles. The third-order valence-electron chi connectivity index (χ3n) is 2.62. The molecule has 1 atom stereocenters. The van der Waals surface area contributed by atoms with Gasteiger partial charge in [0.25, 0.3) is 0 Å². The minimum Gasteiger partial charge on any atom is -0.453 e. The van der Waals surface area contributed by atoms with E-state index in [2.05, 4.69) is 12.0 Å². The molecule has 3 nitrogen and oxygen atoms in total. The van der Waals surface area contributed by atoms with Gasteiger partial charge in [-0.3, -0.25) is 11.3 Å². The van der Waals surface area contributed by atoms with Crippen LogP contribution in [0.3, 0.4) is 0 Å². The standard InChI is InChI=1S/C12H19ClN2O/c1-2-3-4-5-6-7-11(15-14)10-8-9-16-12(10)13/h2,8-9,11,15H,1,3-7,14H2. The molecule has 0 fully saturated rings. The summed E-state index contributed by atoms with van der Waals surface area (Å²) in [4.78, 5) is 0. The second kappa shape index (κ2) is 7.49. The zero-order valence-corrected chi connectivity index (χ0v) is 10.2. The molecule has 0 spiro atoms. The summed E-state index contributed by atoms with van der Waals surface area (Å²) in [6, 6.07) is 1.94. The molecule has 1 unspecified atom stereocenters. The van der Waals surface area contributed by atoms with Gasteiger partial charge in [-0.25, -0.2) is 0 Å². The van der Waals surface area contributed by atoms with Crippen LogP contribution in [0.4, 0.5) is 0 Å². The average Bonchev–Trinajstić information content (AvgIpc) is 2.70. The Balaban J connectivity index is 2.33. The van der Waals surface area contributed by atoms with Crippen LogP contribution in [0.1, 0.15) is 43.7 Å². The molecule has 1 rings (SSSR count). The second-order valence-corrected chi connectivity index (χ2v) is 4.14. The van der Waals surface area contributed by atoms with Gasteiger partial charge in [0, 0.05) is 5.56 Å². The van der Waals surface area contributed by atoms with Gasteiger partial charge in [-0.15, -0.1) is 6.58 Å². The van der Waals surface area contributed by atoms with Crippen LogP contribution >= 0.6 is 11.6 Å². The first-order chi connectivity index (χ1) is 7.79. The molecule has 90 valence electrons. The molecule has 1 heterocycles. The second-order valence-electron chi connectivity index (χ2n) is 3.80. The van der Waals surface area contributed by atoms with Gasteiger partial charge in [0.1, 0.15) is 0 Å². The molecule has 0 aromatic carbocycles. The molecule has 0 radical (unpaired) electrons. The monoisotopic (exact) mass is 242 g/mol. The summed E-state index contributed by atoms with van der Waals surface area (Å²) < 4.78 is 5.05. The Kier molecular flexibility index (Phi) is 6.23. The van der Waals surface area contributed by atoms with E-state index in [-0.39, 0.29) is 6.04 Å². The lowest BCUT2D eigenvalue weighted by Crippen LogP contribution is -2.27. The Bertz CT molecular complexity index is 312. The quantitative estimate of drug-likeness (QED) is 0.317. The lowest BCUT2D eigenvalue weighted by Gasteiger charge is -2.14. The third-order valence-corrected chi connectivity index (χ3v) is 2.93. The maximum atomic E-state index is 5.90. The molecular formula is C12H19ClN2O. The molecule has 4 heteroatoms. The fourth-order valence-corrected chi connectivity index (χ4v) is 1.94. The molecular weight excluding hydrogens is 224 g/mol. The van der Waals surface area contributed by atoms with Gasteiger partial charge in [-0.1, -0.05) is 18.9 Å². The predicted octanol–water partition coefficient (Wildman–Crippen LogP) is 3.57. The number of nitrogens with two attached hydrogens (primary N) is 1. The van der Waals surface area contributed by atoms with Crippen LogP contribution in [0, 0.1) is 0 Å². The van der Waals surface area contributed by atoms with E-state index in [4.69, 9.17) is 21.9 Å². The summed E-state index contributed by atoms with van der Waals surface area (Å²) in [6.07, 6.45) is 9.05. The molecule has 1 aromatic heterocycles. The molecule has 1 aromatic rings. The van der Waals surface area contributed by atoms with Gasteiger partial charge >= 0.3 is 0 Å². The first kappa shape index (κ1) is 13.3. The molecule has 0 amide bonds. The van der Waals surface area contributed by atoms with E-state index >= 15 is 0 Å². The van der Waals surface area contributed by atoms with Crippen molar-refractivity contribution in [2.24, 2.45) is 5.84 Å². The number of hydrogen-bond donors (Lipinski definition) is 2. The smallest absolute Gasteiger partial charge is 0.197 e. The minimum atomic E-state index is 0.0787. The Labute approximate surface area is 102 Å². The average molecular weight is 243 g/mol. The molecule has 0 aliphatic carbocycles. The van der Waals surface area contributed by atoms with Crippen molar-refractivity contribution in [2.75, 3.05) is 0 Å². The fourth-order valence-electron chi connectivity index (χ4n) is 1.70. The van der Waals surface area contributed by atoms with Crippen LogP contribution in [-0.2, 0) is 0 Å².